The van der Waals surface area contributed by atoms with Gasteiger partial charge >= 0.3 is 0 Å². The lowest BCUT2D eigenvalue weighted by molar-refractivity contribution is -0.140. The average molecular weight is 434 g/mol. The van der Waals surface area contributed by atoms with Crippen LogP contribution in [0.3, 0.4) is 0 Å². The van der Waals surface area contributed by atoms with E-state index in [0.717, 1.165) is 38.5 Å². The molecule has 3 amide bonds. The van der Waals surface area contributed by atoms with E-state index in [1.807, 2.05) is 0 Å². The van der Waals surface area contributed by atoms with Crippen molar-refractivity contribution in [3.63, 3.8) is 0 Å². The zero-order chi connectivity index (χ0) is 21.3. The van der Waals surface area contributed by atoms with Crippen LogP contribution >= 0.6 is 0 Å². The molecule has 2 aliphatic heterocycles. The molecule has 1 aliphatic carbocycles. The average Bonchev–Trinajstić information content (AvgIpc) is 3.36. The molecule has 0 spiro atoms. The van der Waals surface area contributed by atoms with Crippen molar-refractivity contribution < 1.29 is 22.8 Å². The number of hydrogen-bond acceptors (Lipinski definition) is 5. The monoisotopic (exact) mass is 433 g/mol. The minimum absolute atomic E-state index is 0.0139. The molecule has 162 valence electrons. The number of nitrogens with one attached hydrogen (secondary N) is 1. The maximum absolute atomic E-state index is 12.7. The molecule has 0 bridgehead atoms. The molecule has 0 unspecified atom stereocenters. The maximum atomic E-state index is 12.7. The number of likely N-dealkylation sites (tertiary alicyclic amines) is 1. The summed E-state index contributed by atoms with van der Waals surface area (Å²) in [6.07, 6.45) is 5.11. The van der Waals surface area contributed by atoms with Crippen LogP contribution in [0.5, 0.6) is 0 Å². The van der Waals surface area contributed by atoms with Gasteiger partial charge in [0, 0.05) is 31.7 Å². The number of carbonyl (C=O) groups is 3. The SMILES string of the molecule is O=C(CCN1C(=O)[C@H]2CCCC[C@@H]2C1=O)Nc1cccc(S(=O)(=O)N2CCCC2)c1. The molecule has 0 aromatic heterocycles. The first-order chi connectivity index (χ1) is 14.4. The van der Waals surface area contributed by atoms with Crippen LogP contribution < -0.4 is 5.32 Å². The topological polar surface area (TPSA) is 104 Å². The van der Waals surface area contributed by atoms with Crippen molar-refractivity contribution in [3.8, 4) is 0 Å². The molecule has 1 aromatic rings. The Bertz CT molecular complexity index is 931. The zero-order valence-electron chi connectivity index (χ0n) is 16.9. The lowest BCUT2D eigenvalue weighted by Crippen LogP contribution is -2.34. The predicted molar refractivity (Wildman–Crippen MR) is 110 cm³/mol. The Balaban J connectivity index is 1.37. The van der Waals surface area contributed by atoms with Crippen molar-refractivity contribution in [3.05, 3.63) is 24.3 Å². The van der Waals surface area contributed by atoms with Gasteiger partial charge in [-0.15, -0.1) is 0 Å². The van der Waals surface area contributed by atoms with Gasteiger partial charge in [-0.2, -0.15) is 4.31 Å². The van der Waals surface area contributed by atoms with E-state index in [2.05, 4.69) is 5.32 Å². The lowest BCUT2D eigenvalue weighted by atomic mass is 9.81. The van der Waals surface area contributed by atoms with Crippen LogP contribution in [0.25, 0.3) is 0 Å². The zero-order valence-corrected chi connectivity index (χ0v) is 17.7. The number of amides is 3. The highest BCUT2D eigenvalue weighted by atomic mass is 32.2. The Kier molecular flexibility index (Phi) is 5.92. The lowest BCUT2D eigenvalue weighted by Gasteiger charge is -2.19. The van der Waals surface area contributed by atoms with Crippen molar-refractivity contribution in [1.29, 1.82) is 0 Å². The standard InChI is InChI=1S/C21H27N3O5S/c25-19(10-13-24-20(26)17-8-1-2-9-18(17)21(24)27)22-15-6-5-7-16(14-15)30(28,29)23-11-3-4-12-23/h5-7,14,17-18H,1-4,8-13H2,(H,22,25)/t17-,18-/m0/s1. The molecule has 1 aromatic carbocycles. The Morgan fingerprint density at radius 2 is 1.63 bits per heavy atom. The second-order valence-corrected chi connectivity index (χ2v) is 10.2. The number of fused-ring (bicyclic) bond motifs is 1. The molecular weight excluding hydrogens is 406 g/mol. The second kappa shape index (κ2) is 8.47. The van der Waals surface area contributed by atoms with Crippen LogP contribution in [0.2, 0.25) is 0 Å². The third kappa shape index (κ3) is 4.00. The van der Waals surface area contributed by atoms with E-state index in [9.17, 15) is 22.8 Å². The summed E-state index contributed by atoms with van der Waals surface area (Å²) in [5.74, 6) is -1.11. The van der Waals surface area contributed by atoms with Crippen molar-refractivity contribution >= 4 is 33.4 Å². The molecule has 3 fully saturated rings. The molecule has 3 aliphatic rings. The highest BCUT2D eigenvalue weighted by Gasteiger charge is 2.47. The predicted octanol–water partition coefficient (Wildman–Crippen LogP) is 1.97. The number of nitrogens with zero attached hydrogens (tertiary/aromatic N) is 2. The Morgan fingerprint density at radius 1 is 1.00 bits per heavy atom. The molecule has 1 N–H and O–H groups in total. The van der Waals surface area contributed by atoms with Crippen molar-refractivity contribution in [2.24, 2.45) is 11.8 Å². The van der Waals surface area contributed by atoms with Crippen LogP contribution in [0.15, 0.2) is 29.2 Å². The van der Waals surface area contributed by atoms with E-state index >= 15 is 0 Å². The molecule has 1 saturated carbocycles. The summed E-state index contributed by atoms with van der Waals surface area (Å²) in [5, 5.41) is 2.69. The minimum atomic E-state index is -3.56. The fraction of sp³-hybridized carbons (Fsp3) is 0.571. The molecule has 2 heterocycles. The van der Waals surface area contributed by atoms with Crippen LogP contribution in [-0.4, -0.2) is 55.0 Å². The molecular formula is C21H27N3O5S. The van der Waals surface area contributed by atoms with Gasteiger partial charge in [-0.3, -0.25) is 19.3 Å². The summed E-state index contributed by atoms with van der Waals surface area (Å²) in [4.78, 5) is 38.8. The smallest absolute Gasteiger partial charge is 0.243 e. The van der Waals surface area contributed by atoms with E-state index < -0.39 is 10.0 Å². The highest BCUT2D eigenvalue weighted by Crippen LogP contribution is 2.38. The number of rotatable bonds is 6. The Labute approximate surface area is 176 Å². The van der Waals surface area contributed by atoms with Gasteiger partial charge in [0.25, 0.3) is 0 Å². The maximum Gasteiger partial charge on any atom is 0.243 e. The largest absolute Gasteiger partial charge is 0.326 e. The minimum Gasteiger partial charge on any atom is -0.326 e. The quantitative estimate of drug-likeness (QED) is 0.691. The fourth-order valence-electron chi connectivity index (χ4n) is 4.70. The first kappa shape index (κ1) is 21.0. The first-order valence-corrected chi connectivity index (χ1v) is 12.1. The van der Waals surface area contributed by atoms with Gasteiger partial charge in [0.05, 0.1) is 16.7 Å². The Hall–Kier alpha value is -2.26. The third-order valence-corrected chi connectivity index (χ3v) is 8.21. The van der Waals surface area contributed by atoms with Gasteiger partial charge in [-0.1, -0.05) is 18.9 Å². The number of imide groups is 1. The summed E-state index contributed by atoms with van der Waals surface area (Å²) in [6, 6.07) is 6.19. The fourth-order valence-corrected chi connectivity index (χ4v) is 6.26. The van der Waals surface area contributed by atoms with Gasteiger partial charge in [-0.05, 0) is 43.9 Å². The molecule has 8 nitrogen and oxygen atoms in total. The highest BCUT2D eigenvalue weighted by molar-refractivity contribution is 7.89. The van der Waals surface area contributed by atoms with Crippen LogP contribution in [0, 0.1) is 11.8 Å². The summed E-state index contributed by atoms with van der Waals surface area (Å²) in [6.45, 7) is 1.08. The van der Waals surface area contributed by atoms with Crippen molar-refractivity contribution in [2.45, 2.75) is 49.8 Å². The van der Waals surface area contributed by atoms with E-state index in [0.29, 0.717) is 18.8 Å². The number of benzene rings is 1. The molecule has 0 radical (unpaired) electrons. The summed E-state index contributed by atoms with van der Waals surface area (Å²) in [7, 11) is -3.56. The van der Waals surface area contributed by atoms with Crippen molar-refractivity contribution in [1.82, 2.24) is 9.21 Å². The third-order valence-electron chi connectivity index (χ3n) is 6.32. The molecule has 9 heteroatoms. The van der Waals surface area contributed by atoms with Gasteiger partial charge < -0.3 is 5.32 Å². The van der Waals surface area contributed by atoms with E-state index in [4.69, 9.17) is 0 Å². The molecule has 2 saturated heterocycles. The summed E-state index contributed by atoms with van der Waals surface area (Å²) in [5.41, 5.74) is 0.382. The van der Waals surface area contributed by atoms with Gasteiger partial charge in [0.1, 0.15) is 0 Å². The van der Waals surface area contributed by atoms with E-state index in [1.165, 1.54) is 21.3 Å². The molecule has 2 atom stereocenters. The van der Waals surface area contributed by atoms with Crippen LogP contribution in [0.4, 0.5) is 5.69 Å². The van der Waals surface area contributed by atoms with Crippen LogP contribution in [0.1, 0.15) is 44.9 Å². The molecule has 30 heavy (non-hydrogen) atoms. The number of hydrogen-bond donors (Lipinski definition) is 1. The van der Waals surface area contributed by atoms with E-state index in [1.54, 1.807) is 12.1 Å². The number of sulfonamides is 1. The first-order valence-electron chi connectivity index (χ1n) is 10.6. The van der Waals surface area contributed by atoms with Gasteiger partial charge in [0.2, 0.25) is 27.7 Å². The summed E-state index contributed by atoms with van der Waals surface area (Å²) < 4.78 is 26.9. The van der Waals surface area contributed by atoms with Gasteiger partial charge in [-0.25, -0.2) is 8.42 Å². The molecule has 4 rings (SSSR count). The normalized spacial score (nSPS) is 24.9. The van der Waals surface area contributed by atoms with E-state index in [-0.39, 0.29) is 47.4 Å². The Morgan fingerprint density at radius 3 is 2.27 bits per heavy atom. The number of anilines is 1. The van der Waals surface area contributed by atoms with Crippen molar-refractivity contribution in [2.75, 3.05) is 25.0 Å². The number of carbonyl (C=O) groups excluding carboxylic acids is 3. The second-order valence-electron chi connectivity index (χ2n) is 8.26. The summed E-state index contributed by atoms with van der Waals surface area (Å²) >= 11 is 0. The van der Waals surface area contributed by atoms with Crippen LogP contribution in [-0.2, 0) is 24.4 Å². The van der Waals surface area contributed by atoms with Gasteiger partial charge in [0.15, 0.2) is 0 Å².